The smallest absolute Gasteiger partial charge is 0.323 e. The Morgan fingerprint density at radius 3 is 2.45 bits per heavy atom. The molecule has 1 heterocycles. The van der Waals surface area contributed by atoms with Gasteiger partial charge in [-0.2, -0.15) is 0 Å². The van der Waals surface area contributed by atoms with Crippen molar-refractivity contribution in [3.05, 3.63) is 0 Å². The molecule has 1 saturated heterocycles. The minimum Gasteiger partial charge on any atom is -0.480 e. The number of carbonyl (C=O) groups excluding carboxylic acids is 1. The second kappa shape index (κ2) is 6.53. The van der Waals surface area contributed by atoms with Crippen LogP contribution in [0.25, 0.3) is 0 Å². The number of aliphatic carboxylic acids is 1. The number of nitrogens with zero attached hydrogens (tertiary/aromatic N) is 1. The average Bonchev–Trinajstić information content (AvgIpc) is 2.73. The zero-order valence-electron chi connectivity index (χ0n) is 11.8. The molecule has 1 fully saturated rings. The van der Waals surface area contributed by atoms with Gasteiger partial charge >= 0.3 is 5.97 Å². The molecular formula is C12H22N2O5S. The molecule has 0 aromatic carbocycles. The molecule has 8 heteroatoms. The van der Waals surface area contributed by atoms with Gasteiger partial charge in [0.25, 0.3) is 0 Å². The van der Waals surface area contributed by atoms with Crippen LogP contribution in [-0.4, -0.2) is 60.4 Å². The van der Waals surface area contributed by atoms with Crippen LogP contribution in [0.5, 0.6) is 0 Å². The summed E-state index contributed by atoms with van der Waals surface area (Å²) >= 11 is 0. The Hall–Kier alpha value is -1.15. The molecule has 20 heavy (non-hydrogen) atoms. The predicted molar refractivity (Wildman–Crippen MR) is 73.8 cm³/mol. The maximum Gasteiger partial charge on any atom is 0.323 e. The second-order valence-corrected chi connectivity index (χ2v) is 7.56. The molecule has 0 aliphatic carbocycles. The van der Waals surface area contributed by atoms with Crippen LogP contribution in [0, 0.1) is 5.92 Å². The van der Waals surface area contributed by atoms with Crippen LogP contribution < -0.4 is 5.73 Å². The van der Waals surface area contributed by atoms with E-state index in [0.717, 1.165) is 4.90 Å². The van der Waals surface area contributed by atoms with Gasteiger partial charge in [0, 0.05) is 6.04 Å². The average molecular weight is 306 g/mol. The molecule has 0 saturated carbocycles. The third-order valence-electron chi connectivity index (χ3n) is 3.78. The molecule has 0 radical (unpaired) electrons. The van der Waals surface area contributed by atoms with Crippen molar-refractivity contribution >= 4 is 21.7 Å². The number of carboxylic acids is 1. The van der Waals surface area contributed by atoms with Gasteiger partial charge in [0.2, 0.25) is 5.91 Å². The summed E-state index contributed by atoms with van der Waals surface area (Å²) in [5.41, 5.74) is 5.85. The Bertz CT molecular complexity index is 476. The molecule has 1 amide bonds. The third kappa shape index (κ3) is 4.17. The summed E-state index contributed by atoms with van der Waals surface area (Å²) in [7, 11) is -3.19. The number of rotatable bonds is 6. The maximum atomic E-state index is 12.3. The fraction of sp³-hybridized carbons (Fsp3) is 0.833. The Morgan fingerprint density at radius 1 is 1.45 bits per heavy atom. The molecule has 3 unspecified atom stereocenters. The Balaban J connectivity index is 2.89. The van der Waals surface area contributed by atoms with Crippen LogP contribution in [0.15, 0.2) is 0 Å². The molecule has 1 aliphatic rings. The largest absolute Gasteiger partial charge is 0.480 e. The number of hydrogen-bond acceptors (Lipinski definition) is 5. The fourth-order valence-corrected chi connectivity index (χ4v) is 3.97. The minimum atomic E-state index is -3.19. The zero-order chi connectivity index (χ0) is 15.5. The van der Waals surface area contributed by atoms with Crippen molar-refractivity contribution in [2.45, 2.75) is 38.8 Å². The molecule has 3 N–H and O–H groups in total. The minimum absolute atomic E-state index is 0.0143. The first kappa shape index (κ1) is 16.9. The van der Waals surface area contributed by atoms with E-state index in [-0.39, 0.29) is 23.8 Å². The van der Waals surface area contributed by atoms with Crippen molar-refractivity contribution in [2.75, 3.05) is 18.1 Å². The van der Waals surface area contributed by atoms with E-state index in [0.29, 0.717) is 6.42 Å². The summed E-state index contributed by atoms with van der Waals surface area (Å²) in [6.45, 7) is 3.19. The first-order chi connectivity index (χ1) is 9.18. The zero-order valence-corrected chi connectivity index (χ0v) is 12.6. The standard InChI is InChI=1S/C12H22N2O5S/c1-3-8(2)11(13)12(17)14(6-10(15)16)9-4-5-20(18,19)7-9/h8-9,11H,3-7,13H2,1-2H3,(H,15,16). The van der Waals surface area contributed by atoms with Gasteiger partial charge in [0.05, 0.1) is 17.5 Å². The first-order valence-corrected chi connectivity index (χ1v) is 8.48. The van der Waals surface area contributed by atoms with E-state index in [4.69, 9.17) is 10.8 Å². The van der Waals surface area contributed by atoms with Gasteiger partial charge in [0.1, 0.15) is 6.54 Å². The van der Waals surface area contributed by atoms with E-state index in [1.807, 2.05) is 13.8 Å². The number of sulfone groups is 1. The van der Waals surface area contributed by atoms with Crippen molar-refractivity contribution in [3.63, 3.8) is 0 Å². The van der Waals surface area contributed by atoms with E-state index in [2.05, 4.69) is 0 Å². The lowest BCUT2D eigenvalue weighted by Crippen LogP contribution is -2.53. The summed E-state index contributed by atoms with van der Waals surface area (Å²) in [4.78, 5) is 24.3. The molecule has 3 atom stereocenters. The van der Waals surface area contributed by atoms with Gasteiger partial charge in [0.15, 0.2) is 9.84 Å². The summed E-state index contributed by atoms with van der Waals surface area (Å²) in [6, 6.07) is -1.39. The van der Waals surface area contributed by atoms with Gasteiger partial charge in [-0.25, -0.2) is 8.42 Å². The highest BCUT2D eigenvalue weighted by Gasteiger charge is 2.37. The Morgan fingerprint density at radius 2 is 2.05 bits per heavy atom. The van der Waals surface area contributed by atoms with Crippen LogP contribution in [-0.2, 0) is 19.4 Å². The van der Waals surface area contributed by atoms with Crippen LogP contribution in [0.1, 0.15) is 26.7 Å². The Labute approximate surface area is 119 Å². The predicted octanol–water partition coefficient (Wildman–Crippen LogP) is -0.540. The summed E-state index contributed by atoms with van der Waals surface area (Å²) in [5, 5.41) is 8.92. The highest BCUT2D eigenvalue weighted by molar-refractivity contribution is 7.91. The molecule has 0 spiro atoms. The fourth-order valence-electron chi connectivity index (χ4n) is 2.24. The Kier molecular flexibility index (Phi) is 5.52. The first-order valence-electron chi connectivity index (χ1n) is 6.66. The van der Waals surface area contributed by atoms with E-state index in [1.165, 1.54) is 0 Å². The van der Waals surface area contributed by atoms with Crippen LogP contribution >= 0.6 is 0 Å². The number of carbonyl (C=O) groups is 2. The summed E-state index contributed by atoms with van der Waals surface area (Å²) in [5.74, 6) is -1.93. The molecule has 1 rings (SSSR count). The monoisotopic (exact) mass is 306 g/mol. The van der Waals surface area contributed by atoms with E-state index in [9.17, 15) is 18.0 Å². The lowest BCUT2D eigenvalue weighted by molar-refractivity contribution is -0.147. The lowest BCUT2D eigenvalue weighted by atomic mass is 9.98. The molecule has 7 nitrogen and oxygen atoms in total. The molecule has 1 aliphatic heterocycles. The normalized spacial score (nSPS) is 24.1. The maximum absolute atomic E-state index is 12.3. The van der Waals surface area contributed by atoms with Crippen LogP contribution in [0.2, 0.25) is 0 Å². The van der Waals surface area contributed by atoms with Crippen molar-refractivity contribution in [3.8, 4) is 0 Å². The highest BCUT2D eigenvalue weighted by atomic mass is 32.2. The molecule has 0 aromatic heterocycles. The molecule has 116 valence electrons. The van der Waals surface area contributed by atoms with E-state index < -0.39 is 40.3 Å². The second-order valence-electron chi connectivity index (χ2n) is 5.33. The third-order valence-corrected chi connectivity index (χ3v) is 5.53. The van der Waals surface area contributed by atoms with Crippen molar-refractivity contribution < 1.29 is 23.1 Å². The lowest BCUT2D eigenvalue weighted by Gasteiger charge is -2.30. The number of carboxylic acid groups (broad SMARTS) is 1. The summed E-state index contributed by atoms with van der Waals surface area (Å²) in [6.07, 6.45) is 0.964. The van der Waals surface area contributed by atoms with E-state index in [1.54, 1.807) is 0 Å². The van der Waals surface area contributed by atoms with Crippen molar-refractivity contribution in [1.29, 1.82) is 0 Å². The molecular weight excluding hydrogens is 284 g/mol. The van der Waals surface area contributed by atoms with Crippen molar-refractivity contribution in [2.24, 2.45) is 11.7 Å². The topological polar surface area (TPSA) is 118 Å². The SMILES string of the molecule is CCC(C)C(N)C(=O)N(CC(=O)O)C1CCS(=O)(=O)C1. The number of hydrogen-bond donors (Lipinski definition) is 2. The van der Waals surface area contributed by atoms with Gasteiger partial charge in [-0.1, -0.05) is 20.3 Å². The summed E-state index contributed by atoms with van der Waals surface area (Å²) < 4.78 is 23.0. The number of amides is 1. The van der Waals surface area contributed by atoms with Crippen LogP contribution in [0.3, 0.4) is 0 Å². The highest BCUT2D eigenvalue weighted by Crippen LogP contribution is 2.20. The molecule has 0 bridgehead atoms. The molecule has 0 aromatic rings. The van der Waals surface area contributed by atoms with Crippen molar-refractivity contribution in [1.82, 2.24) is 4.90 Å². The van der Waals surface area contributed by atoms with Gasteiger partial charge in [-0.05, 0) is 12.3 Å². The van der Waals surface area contributed by atoms with Gasteiger partial charge < -0.3 is 15.7 Å². The quantitative estimate of drug-likeness (QED) is 0.680. The van der Waals surface area contributed by atoms with Gasteiger partial charge in [-0.15, -0.1) is 0 Å². The van der Waals surface area contributed by atoms with Gasteiger partial charge in [-0.3, -0.25) is 9.59 Å². The number of nitrogens with two attached hydrogens (primary N) is 1. The van der Waals surface area contributed by atoms with E-state index >= 15 is 0 Å². The van der Waals surface area contributed by atoms with Crippen LogP contribution in [0.4, 0.5) is 0 Å².